The van der Waals surface area contributed by atoms with Crippen molar-refractivity contribution in [3.05, 3.63) is 128 Å². The van der Waals surface area contributed by atoms with Crippen molar-refractivity contribution in [2.75, 3.05) is 14.2 Å². The van der Waals surface area contributed by atoms with Gasteiger partial charge >= 0.3 is 0 Å². The van der Waals surface area contributed by atoms with E-state index in [-0.39, 0.29) is 11.9 Å². The number of carbonyl (C=O) groups excluding carboxylic acids is 2. The number of amides is 1. The Labute approximate surface area is 342 Å². The summed E-state index contributed by atoms with van der Waals surface area (Å²) in [6, 6.07) is 22.9. The van der Waals surface area contributed by atoms with Crippen LogP contribution in [0.15, 0.2) is 83.1 Å². The van der Waals surface area contributed by atoms with Gasteiger partial charge in [0.25, 0.3) is 11.1 Å². The van der Waals surface area contributed by atoms with Crippen LogP contribution in [0.1, 0.15) is 107 Å². The predicted molar refractivity (Wildman–Crippen MR) is 227 cm³/mol. The fraction of sp³-hybridized carbons (Fsp3) is 0.378. The lowest BCUT2D eigenvalue weighted by Gasteiger charge is -2.27. The molecule has 1 unspecified atom stereocenters. The van der Waals surface area contributed by atoms with Gasteiger partial charge in [-0.2, -0.15) is 0 Å². The van der Waals surface area contributed by atoms with Crippen LogP contribution in [-0.2, 0) is 22.5 Å². The molecule has 1 amide bonds. The molecule has 12 heteroatoms. The Morgan fingerprint density at radius 3 is 1.67 bits per heavy atom. The van der Waals surface area contributed by atoms with E-state index in [0.717, 1.165) is 51.3 Å². The Balaban J connectivity index is 0.000000209. The third-order valence-electron chi connectivity index (χ3n) is 9.65. The summed E-state index contributed by atoms with van der Waals surface area (Å²) in [6.07, 6.45) is 1.44. The maximum Gasteiger partial charge on any atom is 0.252 e. The summed E-state index contributed by atoms with van der Waals surface area (Å²) in [4.78, 5) is 35.1. The number of nitrogens with two attached hydrogens (primary N) is 1. The minimum atomic E-state index is -0.645. The van der Waals surface area contributed by atoms with Crippen molar-refractivity contribution in [1.29, 1.82) is 0 Å². The van der Waals surface area contributed by atoms with Crippen LogP contribution in [0.2, 0.25) is 0 Å². The number of hydrogen-bond donors (Lipinski definition) is 2. The number of methoxy groups -OCH3 is 2. The average molecular weight is 798 g/mol. The number of aryl methyl sites for hydroxylation is 4. The van der Waals surface area contributed by atoms with Gasteiger partial charge in [0.15, 0.2) is 11.4 Å². The molecule has 0 radical (unpaired) electrons. The highest BCUT2D eigenvalue weighted by molar-refractivity contribution is 6.68. The smallest absolute Gasteiger partial charge is 0.252 e. The molecule has 0 saturated heterocycles. The second-order valence-electron chi connectivity index (χ2n) is 15.1. The van der Waals surface area contributed by atoms with E-state index >= 15 is 0 Å². The lowest BCUT2D eigenvalue weighted by molar-refractivity contribution is -0.0691. The molecule has 0 fully saturated rings. The molecule has 0 aromatic heterocycles. The Hall–Kier alpha value is -5.39. The molecule has 0 bridgehead atoms. The topological polar surface area (TPSA) is 137 Å². The maximum absolute atomic E-state index is 13.2. The monoisotopic (exact) mass is 797 g/mol. The molecule has 4 aromatic rings. The summed E-state index contributed by atoms with van der Waals surface area (Å²) in [6.45, 7) is 19.8. The number of nitrogens with zero attached hydrogens (tertiary/aromatic N) is 3. The molecule has 0 spiro atoms. The van der Waals surface area contributed by atoms with Crippen LogP contribution in [0.3, 0.4) is 0 Å². The molecular weight excluding hydrogens is 742 g/mol. The first-order chi connectivity index (χ1) is 26.9. The number of rotatable bonds is 9. The number of hydrazine groups is 1. The first kappa shape index (κ1) is 44.3. The summed E-state index contributed by atoms with van der Waals surface area (Å²) < 4.78 is 10.5. The molecule has 3 N–H and O–H groups in total. The zero-order valence-electron chi connectivity index (χ0n) is 35.2. The Bertz CT molecular complexity index is 2120. The summed E-state index contributed by atoms with van der Waals surface area (Å²) in [5, 5.41) is 12.6. The zero-order valence-corrected chi connectivity index (χ0v) is 35.9. The lowest BCUT2D eigenvalue weighted by Crippen LogP contribution is -2.51. The van der Waals surface area contributed by atoms with Gasteiger partial charge in [-0.1, -0.05) is 70.7 Å². The van der Waals surface area contributed by atoms with E-state index in [4.69, 9.17) is 36.6 Å². The molecule has 57 heavy (non-hydrogen) atoms. The molecule has 2 aliphatic heterocycles. The predicted octanol–water partition coefficient (Wildman–Crippen LogP) is 8.73. The first-order valence-electron chi connectivity index (χ1n) is 18.9. The van der Waals surface area contributed by atoms with E-state index in [0.29, 0.717) is 29.1 Å². The summed E-state index contributed by atoms with van der Waals surface area (Å²) in [7, 11) is 3.20. The van der Waals surface area contributed by atoms with Gasteiger partial charge in [0.2, 0.25) is 5.72 Å². The van der Waals surface area contributed by atoms with Gasteiger partial charge in [-0.3, -0.25) is 9.59 Å². The van der Waals surface area contributed by atoms with E-state index < -0.39 is 16.6 Å². The second kappa shape index (κ2) is 18.7. The van der Waals surface area contributed by atoms with Crippen LogP contribution in [-0.4, -0.2) is 59.3 Å². The average Bonchev–Trinajstić information content (AvgIpc) is 3.61. The van der Waals surface area contributed by atoms with Gasteiger partial charge in [-0.25, -0.2) is 10.9 Å². The van der Waals surface area contributed by atoms with E-state index in [1.54, 1.807) is 31.4 Å². The fourth-order valence-electron chi connectivity index (χ4n) is 6.83. The first-order valence-corrected chi connectivity index (χ1v) is 19.3. The van der Waals surface area contributed by atoms with Crippen LogP contribution in [0.25, 0.3) is 0 Å². The molecule has 11 nitrogen and oxygen atoms in total. The van der Waals surface area contributed by atoms with E-state index in [1.807, 2.05) is 65.8 Å². The van der Waals surface area contributed by atoms with Crippen molar-refractivity contribution in [3.8, 4) is 11.5 Å². The van der Waals surface area contributed by atoms with Crippen molar-refractivity contribution in [3.63, 3.8) is 0 Å². The largest absolute Gasteiger partial charge is 0.496 e. The number of carbonyl (C=O) groups is 2. The third-order valence-corrected chi connectivity index (χ3v) is 9.86. The van der Waals surface area contributed by atoms with Gasteiger partial charge < -0.3 is 24.5 Å². The number of hydrogen-bond acceptors (Lipinski definition) is 10. The summed E-state index contributed by atoms with van der Waals surface area (Å²) >= 11 is 5.42. The summed E-state index contributed by atoms with van der Waals surface area (Å²) in [5.74, 6) is 7.93. The van der Waals surface area contributed by atoms with E-state index in [1.165, 1.54) is 11.1 Å². The van der Waals surface area contributed by atoms with Crippen molar-refractivity contribution >= 4 is 34.3 Å². The molecule has 0 aliphatic carbocycles. The van der Waals surface area contributed by atoms with Crippen molar-refractivity contribution < 1.29 is 28.7 Å². The maximum atomic E-state index is 13.2. The van der Waals surface area contributed by atoms with Crippen LogP contribution in [0, 0.1) is 27.7 Å². The molecule has 2 aliphatic rings. The minimum Gasteiger partial charge on any atom is -0.496 e. The standard InChI is InChI=1S/C23H28N2O3.C12H17N3O.C10H11ClO2/c1-7-17-18(9-8-10-19(17)27-6)22(26)24-21-20(25-28-23(21,4)5)16-12-14(2)11-15(3)13-16;1-8-5-9(2)7-10(6-8)11-14-16-12(3,4)15(11)13;1-3-7-8(10(11)12)5-4-6-9(7)13-2/h8-13,21H,7H2,1-6H3,(H,24,26);5-7H,13H2,1-4H3;4-6H,3H2,1-2H3. The fourth-order valence-corrected chi connectivity index (χ4v) is 7.00. The summed E-state index contributed by atoms with van der Waals surface area (Å²) in [5.41, 5.74) is 9.06. The highest BCUT2D eigenvalue weighted by Crippen LogP contribution is 2.30. The third kappa shape index (κ3) is 10.5. The quantitative estimate of drug-likeness (QED) is 0.127. The lowest BCUT2D eigenvalue weighted by atomic mass is 9.89. The van der Waals surface area contributed by atoms with Crippen molar-refractivity contribution in [2.45, 2.75) is 99.4 Å². The van der Waals surface area contributed by atoms with Crippen molar-refractivity contribution in [1.82, 2.24) is 10.3 Å². The number of ether oxygens (including phenoxy) is 2. The highest BCUT2D eigenvalue weighted by atomic mass is 35.5. The van der Waals surface area contributed by atoms with Gasteiger partial charge in [-0.05, 0) is 128 Å². The highest BCUT2D eigenvalue weighted by Gasteiger charge is 2.43. The minimum absolute atomic E-state index is 0.156. The molecular formula is C45H56ClN5O6. The molecule has 304 valence electrons. The van der Waals surface area contributed by atoms with Gasteiger partial charge in [-0.15, -0.1) is 0 Å². The zero-order chi connectivity index (χ0) is 42.2. The van der Waals surface area contributed by atoms with Crippen molar-refractivity contribution in [2.24, 2.45) is 16.2 Å². The van der Waals surface area contributed by atoms with E-state index in [9.17, 15) is 9.59 Å². The number of nitrogens with one attached hydrogen (secondary N) is 1. The van der Waals surface area contributed by atoms with Gasteiger partial charge in [0.1, 0.15) is 23.3 Å². The Kier molecular flexibility index (Phi) is 14.5. The molecule has 4 aromatic carbocycles. The number of halogens is 1. The Morgan fingerprint density at radius 2 is 1.23 bits per heavy atom. The van der Waals surface area contributed by atoms with Gasteiger partial charge in [0, 0.05) is 33.4 Å². The van der Waals surface area contributed by atoms with Gasteiger partial charge in [0.05, 0.1) is 14.2 Å². The van der Waals surface area contributed by atoms with Crippen LogP contribution in [0.4, 0.5) is 0 Å². The molecule has 2 heterocycles. The van der Waals surface area contributed by atoms with E-state index in [2.05, 4.69) is 79.7 Å². The number of oxime groups is 2. The van der Waals surface area contributed by atoms with Crippen LogP contribution < -0.4 is 20.6 Å². The molecule has 6 rings (SSSR count). The van der Waals surface area contributed by atoms with Crippen LogP contribution >= 0.6 is 11.6 Å². The molecule has 1 atom stereocenters. The molecule has 0 saturated carbocycles. The number of amidine groups is 1. The SMILES string of the molecule is CCc1c(OC)cccc1C(=O)Cl.CCc1c(OC)cccc1C(=O)NC1C(c2cc(C)cc(C)c2)=NOC1(C)C.Cc1cc(C)cc(C2=NOC(C)(C)N2N)c1. The van der Waals surface area contributed by atoms with Crippen LogP contribution in [0.5, 0.6) is 11.5 Å². The Morgan fingerprint density at radius 1 is 0.754 bits per heavy atom. The normalized spacial score (nSPS) is 16.0. The second-order valence-corrected chi connectivity index (χ2v) is 15.5. The number of benzene rings is 4.